The van der Waals surface area contributed by atoms with Crippen LogP contribution in [-0.2, 0) is 14.8 Å². The van der Waals surface area contributed by atoms with E-state index in [0.717, 1.165) is 0 Å². The molecule has 1 N–H and O–H groups in total. The fraction of sp³-hybridized carbons (Fsp3) is 0.133. The molecule has 0 spiro atoms. The Hall–Kier alpha value is -1.70. The average Bonchev–Trinajstić information content (AvgIpc) is 2.54. The van der Waals surface area contributed by atoms with Crippen LogP contribution in [0.4, 0.5) is 5.69 Å². The fourth-order valence-electron chi connectivity index (χ4n) is 1.92. The zero-order valence-electron chi connectivity index (χ0n) is 12.4. The van der Waals surface area contributed by atoms with E-state index in [9.17, 15) is 13.2 Å². The third kappa shape index (κ3) is 3.99. The van der Waals surface area contributed by atoms with Gasteiger partial charge >= 0.3 is 5.97 Å². The second kappa shape index (κ2) is 7.25. The molecule has 0 saturated carbocycles. The highest BCUT2D eigenvalue weighted by molar-refractivity contribution is 7.99. The minimum atomic E-state index is -3.91. The number of anilines is 1. The lowest BCUT2D eigenvalue weighted by Gasteiger charge is -2.13. The van der Waals surface area contributed by atoms with Crippen LogP contribution in [0.25, 0.3) is 0 Å². The molecule has 0 amide bonds. The third-order valence-corrected chi connectivity index (χ3v) is 5.56. The van der Waals surface area contributed by atoms with Crippen LogP contribution in [0.3, 0.4) is 0 Å². The Balaban J connectivity index is 2.48. The van der Waals surface area contributed by atoms with Crippen molar-refractivity contribution >= 4 is 45.0 Å². The predicted molar refractivity (Wildman–Crippen MR) is 91.8 cm³/mol. The number of hydrogen-bond acceptors (Lipinski definition) is 5. The summed E-state index contributed by atoms with van der Waals surface area (Å²) in [6, 6.07) is 10.8. The summed E-state index contributed by atoms with van der Waals surface area (Å²) in [5.74, 6) is -0.625. The molecule has 0 aliphatic heterocycles. The highest BCUT2D eigenvalue weighted by Crippen LogP contribution is 2.30. The lowest BCUT2D eigenvalue weighted by molar-refractivity contribution is 0.0602. The lowest BCUT2D eigenvalue weighted by Crippen LogP contribution is -2.16. The maximum Gasteiger partial charge on any atom is 0.339 e. The van der Waals surface area contributed by atoms with Gasteiger partial charge in [0.2, 0.25) is 0 Å². The van der Waals surface area contributed by atoms with E-state index in [1.54, 1.807) is 30.5 Å². The van der Waals surface area contributed by atoms with E-state index >= 15 is 0 Å². The summed E-state index contributed by atoms with van der Waals surface area (Å²) in [6.07, 6.45) is 1.77. The number of ether oxygens (including phenoxy) is 1. The number of para-hydroxylation sites is 1. The Morgan fingerprint density at radius 1 is 1.22 bits per heavy atom. The molecule has 0 aliphatic carbocycles. The Bertz CT molecular complexity index is 837. The second-order valence-corrected chi connectivity index (χ2v) is 7.37. The van der Waals surface area contributed by atoms with Crippen molar-refractivity contribution in [2.45, 2.75) is 9.79 Å². The first kappa shape index (κ1) is 17.7. The van der Waals surface area contributed by atoms with Crippen LogP contribution in [0.5, 0.6) is 0 Å². The van der Waals surface area contributed by atoms with Gasteiger partial charge in [0, 0.05) is 9.92 Å². The van der Waals surface area contributed by atoms with Crippen LogP contribution >= 0.6 is 23.4 Å². The summed E-state index contributed by atoms with van der Waals surface area (Å²) >= 11 is 7.20. The molecule has 0 radical (unpaired) electrons. The Labute approximate surface area is 144 Å². The molecule has 8 heteroatoms. The van der Waals surface area contributed by atoms with Gasteiger partial charge in [0.25, 0.3) is 10.0 Å². The number of nitrogens with one attached hydrogen (secondary N) is 1. The van der Waals surface area contributed by atoms with Gasteiger partial charge in [-0.25, -0.2) is 13.2 Å². The molecule has 0 saturated heterocycles. The minimum absolute atomic E-state index is 0.0529. The molecule has 0 bridgehead atoms. The number of carbonyl (C=O) groups is 1. The maximum absolute atomic E-state index is 12.7. The van der Waals surface area contributed by atoms with Crippen LogP contribution in [0.1, 0.15) is 10.4 Å². The Morgan fingerprint density at radius 3 is 2.57 bits per heavy atom. The number of benzene rings is 2. The van der Waals surface area contributed by atoms with Gasteiger partial charge in [-0.1, -0.05) is 23.7 Å². The smallest absolute Gasteiger partial charge is 0.339 e. The van der Waals surface area contributed by atoms with E-state index < -0.39 is 16.0 Å². The Morgan fingerprint density at radius 2 is 1.91 bits per heavy atom. The average molecular weight is 372 g/mol. The van der Waals surface area contributed by atoms with Gasteiger partial charge < -0.3 is 4.74 Å². The molecule has 0 aromatic heterocycles. The van der Waals surface area contributed by atoms with Gasteiger partial charge in [0.05, 0.1) is 18.4 Å². The largest absolute Gasteiger partial charge is 0.465 e. The van der Waals surface area contributed by atoms with Gasteiger partial charge in [-0.05, 0) is 36.6 Å². The van der Waals surface area contributed by atoms with E-state index in [0.29, 0.717) is 9.92 Å². The van der Waals surface area contributed by atoms with E-state index in [4.69, 9.17) is 11.6 Å². The molecule has 2 rings (SSSR count). The first-order valence-electron chi connectivity index (χ1n) is 6.42. The van der Waals surface area contributed by atoms with Crippen molar-refractivity contribution in [2.75, 3.05) is 18.1 Å². The van der Waals surface area contributed by atoms with Crippen molar-refractivity contribution in [3.05, 3.63) is 53.1 Å². The maximum atomic E-state index is 12.7. The molecule has 122 valence electrons. The summed E-state index contributed by atoms with van der Waals surface area (Å²) in [7, 11) is -2.67. The standard InChI is InChI=1S/C15H14ClNO4S2/c1-21-15(18)11-5-3-4-6-12(11)17-23(19,20)14-9-10(16)7-8-13(14)22-2/h3-9,17H,1-2H3. The normalized spacial score (nSPS) is 11.1. The van der Waals surface area contributed by atoms with Gasteiger partial charge in [-0.2, -0.15) is 0 Å². The fourth-order valence-corrected chi connectivity index (χ4v) is 4.39. The minimum Gasteiger partial charge on any atom is -0.465 e. The summed E-state index contributed by atoms with van der Waals surface area (Å²) < 4.78 is 32.4. The predicted octanol–water partition coefficient (Wildman–Crippen LogP) is 3.65. The van der Waals surface area contributed by atoms with Crippen molar-refractivity contribution < 1.29 is 17.9 Å². The molecule has 0 heterocycles. The van der Waals surface area contributed by atoms with Crippen molar-refractivity contribution in [2.24, 2.45) is 0 Å². The highest BCUT2D eigenvalue weighted by Gasteiger charge is 2.22. The summed E-state index contributed by atoms with van der Waals surface area (Å²) in [5, 5.41) is 0.310. The molecule has 0 aliphatic rings. The topological polar surface area (TPSA) is 72.5 Å². The monoisotopic (exact) mass is 371 g/mol. The van der Waals surface area contributed by atoms with Crippen LogP contribution in [0, 0.1) is 0 Å². The van der Waals surface area contributed by atoms with Crippen molar-refractivity contribution in [1.82, 2.24) is 0 Å². The molecule has 2 aromatic carbocycles. The number of hydrogen-bond donors (Lipinski definition) is 1. The molecule has 23 heavy (non-hydrogen) atoms. The van der Waals surface area contributed by atoms with Gasteiger partial charge in [-0.15, -0.1) is 11.8 Å². The zero-order valence-corrected chi connectivity index (χ0v) is 14.8. The number of carbonyl (C=O) groups excluding carboxylic acids is 1. The first-order chi connectivity index (χ1) is 10.9. The Kier molecular flexibility index (Phi) is 5.56. The molecule has 0 fully saturated rings. The van der Waals surface area contributed by atoms with Crippen LogP contribution in [0.2, 0.25) is 5.02 Å². The van der Waals surface area contributed by atoms with Crippen LogP contribution < -0.4 is 4.72 Å². The third-order valence-electron chi connectivity index (χ3n) is 2.99. The summed E-state index contributed by atoms with van der Waals surface area (Å²) in [6.45, 7) is 0. The van der Waals surface area contributed by atoms with Crippen molar-refractivity contribution in [3.8, 4) is 0 Å². The second-order valence-electron chi connectivity index (χ2n) is 4.44. The summed E-state index contributed by atoms with van der Waals surface area (Å²) in [4.78, 5) is 12.4. The molecular weight excluding hydrogens is 358 g/mol. The molecule has 0 unspecified atom stereocenters. The quantitative estimate of drug-likeness (QED) is 0.641. The number of sulfonamides is 1. The van der Waals surface area contributed by atoms with E-state index in [-0.39, 0.29) is 16.1 Å². The van der Waals surface area contributed by atoms with E-state index in [2.05, 4.69) is 9.46 Å². The highest BCUT2D eigenvalue weighted by atomic mass is 35.5. The number of esters is 1. The van der Waals surface area contributed by atoms with Gasteiger partial charge in [0.1, 0.15) is 4.90 Å². The molecular formula is C15H14ClNO4S2. The number of halogens is 1. The number of methoxy groups -OCH3 is 1. The van der Waals surface area contributed by atoms with Gasteiger partial charge in [0.15, 0.2) is 0 Å². The SMILES string of the molecule is COC(=O)c1ccccc1NS(=O)(=O)c1cc(Cl)ccc1SC. The molecule has 2 aromatic rings. The van der Waals surface area contributed by atoms with Gasteiger partial charge in [-0.3, -0.25) is 4.72 Å². The zero-order chi connectivity index (χ0) is 17.0. The van der Waals surface area contributed by atoms with E-state index in [1.807, 2.05) is 0 Å². The summed E-state index contributed by atoms with van der Waals surface area (Å²) in [5.41, 5.74) is 0.276. The van der Waals surface area contributed by atoms with E-state index in [1.165, 1.54) is 37.1 Å². The lowest BCUT2D eigenvalue weighted by atomic mass is 10.2. The van der Waals surface area contributed by atoms with Crippen LogP contribution in [0.15, 0.2) is 52.3 Å². The number of rotatable bonds is 5. The van der Waals surface area contributed by atoms with Crippen LogP contribution in [-0.4, -0.2) is 27.8 Å². The van der Waals surface area contributed by atoms with Crippen molar-refractivity contribution in [3.63, 3.8) is 0 Å². The molecule has 5 nitrogen and oxygen atoms in total. The first-order valence-corrected chi connectivity index (χ1v) is 9.51. The molecule has 0 atom stereocenters. The van der Waals surface area contributed by atoms with Crippen molar-refractivity contribution in [1.29, 1.82) is 0 Å². The number of thioether (sulfide) groups is 1.